The highest BCUT2D eigenvalue weighted by atomic mass is 15.6. The fraction of sp³-hybridized carbons (Fsp3) is 0.917. The Bertz CT molecular complexity index is 365. The van der Waals surface area contributed by atoms with Crippen LogP contribution >= 0.6 is 0 Å². The van der Waals surface area contributed by atoms with Crippen molar-refractivity contribution in [3.05, 3.63) is 5.82 Å². The van der Waals surface area contributed by atoms with Gasteiger partial charge in [0.2, 0.25) is 0 Å². The number of nitrogens with zero attached hydrogens (tertiary/aromatic N) is 4. The summed E-state index contributed by atoms with van der Waals surface area (Å²) in [6, 6.07) is 0. The number of hydrogen-bond donors (Lipinski definition) is 1. The fourth-order valence-electron chi connectivity index (χ4n) is 2.25. The molecule has 2 rings (SSSR count). The number of rotatable bonds is 4. The smallest absolute Gasteiger partial charge is 0.175 e. The molecule has 96 valence electrons. The summed E-state index contributed by atoms with van der Waals surface area (Å²) < 4.78 is 0. The number of aryl methyl sites for hydroxylation is 1. The van der Waals surface area contributed by atoms with Crippen LogP contribution in [0, 0.1) is 11.8 Å². The van der Waals surface area contributed by atoms with E-state index in [4.69, 9.17) is 0 Å². The van der Waals surface area contributed by atoms with Crippen molar-refractivity contribution in [1.29, 1.82) is 0 Å². The topological polar surface area (TPSA) is 55.6 Å². The highest BCUT2D eigenvalue weighted by Crippen LogP contribution is 2.35. The first-order chi connectivity index (χ1) is 7.94. The second-order valence-corrected chi connectivity index (χ2v) is 6.13. The van der Waals surface area contributed by atoms with Gasteiger partial charge in [0.05, 0.1) is 7.05 Å². The molecule has 1 fully saturated rings. The van der Waals surface area contributed by atoms with Crippen molar-refractivity contribution in [2.45, 2.75) is 45.6 Å². The van der Waals surface area contributed by atoms with Crippen LogP contribution in [-0.2, 0) is 13.5 Å². The van der Waals surface area contributed by atoms with E-state index in [0.717, 1.165) is 30.6 Å². The Morgan fingerprint density at radius 1 is 1.29 bits per heavy atom. The highest BCUT2D eigenvalue weighted by Gasteiger charge is 2.32. The molecule has 1 heterocycles. The van der Waals surface area contributed by atoms with Crippen molar-refractivity contribution in [2.75, 3.05) is 6.54 Å². The third-order valence-electron chi connectivity index (χ3n) is 3.46. The van der Waals surface area contributed by atoms with Gasteiger partial charge in [0.25, 0.3) is 0 Å². The van der Waals surface area contributed by atoms with Crippen molar-refractivity contribution in [3.63, 3.8) is 0 Å². The third kappa shape index (κ3) is 3.49. The van der Waals surface area contributed by atoms with E-state index in [1.165, 1.54) is 17.6 Å². The van der Waals surface area contributed by atoms with Gasteiger partial charge in [-0.3, -0.25) is 0 Å². The molecule has 0 radical (unpaired) electrons. The van der Waals surface area contributed by atoms with E-state index >= 15 is 0 Å². The lowest BCUT2D eigenvalue weighted by Gasteiger charge is -2.38. The normalized spacial score (nSPS) is 24.7. The molecule has 0 aliphatic heterocycles. The monoisotopic (exact) mass is 237 g/mol. The molecular formula is C12H23N5. The Kier molecular flexibility index (Phi) is 3.47. The molecule has 1 aromatic heterocycles. The van der Waals surface area contributed by atoms with Crippen LogP contribution in [0.4, 0.5) is 0 Å². The first-order valence-electron chi connectivity index (χ1n) is 6.42. The summed E-state index contributed by atoms with van der Waals surface area (Å²) in [6.45, 7) is 7.75. The predicted molar refractivity (Wildman–Crippen MR) is 66.5 cm³/mol. The van der Waals surface area contributed by atoms with Crippen molar-refractivity contribution in [1.82, 2.24) is 25.5 Å². The maximum Gasteiger partial charge on any atom is 0.175 e. The molecule has 1 aliphatic rings. The minimum atomic E-state index is 0.213. The molecule has 0 aromatic carbocycles. The molecule has 0 spiro atoms. The van der Waals surface area contributed by atoms with Crippen LogP contribution in [0.2, 0.25) is 0 Å². The lowest BCUT2D eigenvalue weighted by molar-refractivity contribution is 0.157. The molecule has 5 nitrogen and oxygen atoms in total. The van der Waals surface area contributed by atoms with Crippen LogP contribution in [0.15, 0.2) is 0 Å². The maximum absolute atomic E-state index is 4.25. The fourth-order valence-corrected chi connectivity index (χ4v) is 2.25. The van der Waals surface area contributed by atoms with E-state index < -0.39 is 0 Å². The zero-order chi connectivity index (χ0) is 12.5. The Balaban J connectivity index is 1.79. The first kappa shape index (κ1) is 12.5. The molecule has 1 saturated carbocycles. The van der Waals surface area contributed by atoms with Gasteiger partial charge >= 0.3 is 0 Å². The minimum absolute atomic E-state index is 0.213. The van der Waals surface area contributed by atoms with Crippen LogP contribution in [0.5, 0.6) is 0 Å². The average molecular weight is 237 g/mol. The van der Waals surface area contributed by atoms with Gasteiger partial charge in [-0.1, -0.05) is 0 Å². The number of nitrogens with one attached hydrogen (secondary N) is 1. The molecule has 0 amide bonds. The van der Waals surface area contributed by atoms with Crippen molar-refractivity contribution in [3.8, 4) is 0 Å². The van der Waals surface area contributed by atoms with Crippen molar-refractivity contribution in [2.24, 2.45) is 18.9 Å². The van der Waals surface area contributed by atoms with Gasteiger partial charge in [0.15, 0.2) is 5.82 Å². The zero-order valence-corrected chi connectivity index (χ0v) is 11.3. The van der Waals surface area contributed by atoms with E-state index in [2.05, 4.69) is 41.5 Å². The van der Waals surface area contributed by atoms with Gasteiger partial charge in [0, 0.05) is 12.0 Å². The van der Waals surface area contributed by atoms with E-state index in [1.54, 1.807) is 0 Å². The lowest BCUT2D eigenvalue weighted by Crippen LogP contribution is -2.44. The second kappa shape index (κ2) is 4.72. The van der Waals surface area contributed by atoms with Gasteiger partial charge < -0.3 is 5.32 Å². The van der Waals surface area contributed by atoms with Gasteiger partial charge in [-0.2, -0.15) is 4.80 Å². The van der Waals surface area contributed by atoms with Gasteiger partial charge in [-0.05, 0) is 57.2 Å². The van der Waals surface area contributed by atoms with E-state index in [-0.39, 0.29) is 5.54 Å². The molecule has 1 aliphatic carbocycles. The quantitative estimate of drug-likeness (QED) is 0.854. The average Bonchev–Trinajstić information content (AvgIpc) is 2.57. The van der Waals surface area contributed by atoms with Crippen LogP contribution < -0.4 is 5.32 Å². The molecule has 5 heteroatoms. The van der Waals surface area contributed by atoms with Crippen molar-refractivity contribution < 1.29 is 0 Å². The third-order valence-corrected chi connectivity index (χ3v) is 3.46. The highest BCUT2D eigenvalue weighted by molar-refractivity contribution is 4.91. The Hall–Kier alpha value is -0.970. The molecule has 2 atom stereocenters. The van der Waals surface area contributed by atoms with E-state index in [0.29, 0.717) is 0 Å². The minimum Gasteiger partial charge on any atom is -0.312 e. The summed E-state index contributed by atoms with van der Waals surface area (Å²) >= 11 is 0. The molecule has 2 unspecified atom stereocenters. The summed E-state index contributed by atoms with van der Waals surface area (Å²) in [5.41, 5.74) is 0.213. The van der Waals surface area contributed by atoms with Crippen LogP contribution in [0.3, 0.4) is 0 Å². The number of tetrazole rings is 1. The largest absolute Gasteiger partial charge is 0.312 e. The molecule has 0 bridgehead atoms. The molecule has 0 saturated heterocycles. The van der Waals surface area contributed by atoms with Gasteiger partial charge in [-0.25, -0.2) is 0 Å². The maximum atomic E-state index is 4.25. The Labute approximate surface area is 103 Å². The lowest BCUT2D eigenvalue weighted by atomic mass is 9.71. The van der Waals surface area contributed by atoms with Crippen LogP contribution in [0.1, 0.15) is 39.4 Å². The summed E-state index contributed by atoms with van der Waals surface area (Å²) in [5, 5.41) is 15.8. The van der Waals surface area contributed by atoms with Gasteiger partial charge in [0.1, 0.15) is 0 Å². The van der Waals surface area contributed by atoms with E-state index in [1.807, 2.05) is 7.05 Å². The molecular weight excluding hydrogens is 214 g/mol. The molecule has 17 heavy (non-hydrogen) atoms. The SMILES string of the molecule is Cn1nnc(CC2CCC2CNC(C)(C)C)n1. The van der Waals surface area contributed by atoms with Gasteiger partial charge in [-0.15, -0.1) is 10.2 Å². The molecule has 1 aromatic rings. The van der Waals surface area contributed by atoms with Crippen LogP contribution in [-0.4, -0.2) is 32.3 Å². The van der Waals surface area contributed by atoms with Crippen molar-refractivity contribution >= 4 is 0 Å². The number of aromatic nitrogens is 4. The predicted octanol–water partition coefficient (Wildman–Crippen LogP) is 1.17. The summed E-state index contributed by atoms with van der Waals surface area (Å²) in [6.07, 6.45) is 3.60. The van der Waals surface area contributed by atoms with Crippen LogP contribution in [0.25, 0.3) is 0 Å². The summed E-state index contributed by atoms with van der Waals surface area (Å²) in [7, 11) is 1.82. The zero-order valence-electron chi connectivity index (χ0n) is 11.3. The Morgan fingerprint density at radius 2 is 2.00 bits per heavy atom. The standard InChI is InChI=1S/C12H23N5/c1-12(2,3)13-8-10-6-5-9(10)7-11-14-16-17(4)15-11/h9-10,13H,5-8H2,1-4H3. The van der Waals surface area contributed by atoms with E-state index in [9.17, 15) is 0 Å². The summed E-state index contributed by atoms with van der Waals surface area (Å²) in [5.74, 6) is 2.39. The Morgan fingerprint density at radius 3 is 2.47 bits per heavy atom. The second-order valence-electron chi connectivity index (χ2n) is 6.13. The molecule has 1 N–H and O–H groups in total. The number of hydrogen-bond acceptors (Lipinski definition) is 4. The summed E-state index contributed by atoms with van der Waals surface area (Å²) in [4.78, 5) is 1.54. The first-order valence-corrected chi connectivity index (χ1v) is 6.42.